The smallest absolute Gasteiger partial charge is 0.327 e. The Balaban J connectivity index is 1.66. The standard InChI is InChI=1S/C40H53N15O15S/c1-17(47-32(63)18-5-7-19(8-6-18)45-14-20-15-46-31-30(48-20)37(68)55-40(43)54-31)4-9-26(56)49-22(11-27(57)58)34(65)50-21(3-2-10-44-39(41)42)33(64)51-23(12-28(59)60)35(66)52-24(13-29(61)62)36(67)53-25(16-71)38(69)70/h5-8,15,17,21-25,45,71H,2-4,9-14,16H2,1H3,(H,47,63)(H,49,56)(H,50,65)(H,51,64)(H,52,66)(H,53,67)(H,57,58)(H,59,60)(H,61,62)(H,69,70)(H4,41,42,44)(H3,43,46,54,55,68)/t17-,21+,22+,23+,24+,25+/m0/s1. The molecule has 0 bridgehead atoms. The van der Waals surface area contributed by atoms with E-state index in [4.69, 9.17) is 17.2 Å². The van der Waals surface area contributed by atoms with Gasteiger partial charge in [-0.2, -0.15) is 17.6 Å². The van der Waals surface area contributed by atoms with Gasteiger partial charge in [-0.15, -0.1) is 0 Å². The highest BCUT2D eigenvalue weighted by atomic mass is 32.1. The number of thiol groups is 1. The molecule has 2 aromatic heterocycles. The van der Waals surface area contributed by atoms with Crippen LogP contribution in [-0.2, 0) is 49.7 Å². The van der Waals surface area contributed by atoms with Crippen molar-refractivity contribution in [3.05, 3.63) is 52.1 Å². The van der Waals surface area contributed by atoms with Crippen molar-refractivity contribution in [2.45, 2.75) is 94.7 Å². The largest absolute Gasteiger partial charge is 0.481 e. The molecule has 6 atom stereocenters. The molecule has 71 heavy (non-hydrogen) atoms. The van der Waals surface area contributed by atoms with Crippen LogP contribution in [0.4, 0.5) is 11.6 Å². The van der Waals surface area contributed by atoms with Crippen LogP contribution in [0.5, 0.6) is 0 Å². The van der Waals surface area contributed by atoms with E-state index in [0.717, 1.165) is 0 Å². The number of carboxylic acids is 4. The molecule has 0 aliphatic rings. The number of fused-ring (bicyclic) bond motifs is 1. The number of nitrogens with zero attached hydrogens (tertiary/aromatic N) is 4. The van der Waals surface area contributed by atoms with Crippen LogP contribution < -0.4 is 60.0 Å². The fourth-order valence-electron chi connectivity index (χ4n) is 6.18. The van der Waals surface area contributed by atoms with Gasteiger partial charge in [0.1, 0.15) is 30.2 Å². The molecule has 30 nitrogen and oxygen atoms in total. The van der Waals surface area contributed by atoms with E-state index >= 15 is 0 Å². The number of hydrogen-bond donors (Lipinski definition) is 16. The lowest BCUT2D eigenvalue weighted by atomic mass is 10.1. The van der Waals surface area contributed by atoms with Crippen molar-refractivity contribution in [2.24, 2.45) is 16.5 Å². The van der Waals surface area contributed by atoms with Crippen LogP contribution in [-0.4, -0.2) is 154 Å². The number of guanidine groups is 1. The van der Waals surface area contributed by atoms with Crippen molar-refractivity contribution >= 4 is 101 Å². The Morgan fingerprint density at radius 3 is 1.76 bits per heavy atom. The third-order valence-electron chi connectivity index (χ3n) is 9.72. The highest BCUT2D eigenvalue weighted by molar-refractivity contribution is 7.80. The molecule has 0 saturated carbocycles. The summed E-state index contributed by atoms with van der Waals surface area (Å²) in [4.78, 5) is 156. The number of carbonyl (C=O) groups is 10. The number of H-pyrrole nitrogens is 1. The van der Waals surface area contributed by atoms with E-state index in [-0.39, 0.29) is 67.4 Å². The van der Waals surface area contributed by atoms with Crippen molar-refractivity contribution in [1.82, 2.24) is 51.8 Å². The second kappa shape index (κ2) is 27.4. The molecule has 3 aromatic rings. The normalized spacial score (nSPS) is 13.3. The third kappa shape index (κ3) is 19.5. The predicted molar refractivity (Wildman–Crippen MR) is 250 cm³/mol. The number of aromatic nitrogens is 4. The van der Waals surface area contributed by atoms with Gasteiger partial charge in [0.05, 0.1) is 37.7 Å². The zero-order valence-electron chi connectivity index (χ0n) is 37.7. The van der Waals surface area contributed by atoms with Gasteiger partial charge in [0.15, 0.2) is 17.1 Å². The topological polar surface area (TPSA) is 498 Å². The van der Waals surface area contributed by atoms with E-state index in [2.05, 4.69) is 64.1 Å². The van der Waals surface area contributed by atoms with Crippen LogP contribution in [0.15, 0.2) is 40.2 Å². The summed E-state index contributed by atoms with van der Waals surface area (Å²) in [7, 11) is 0. The van der Waals surface area contributed by atoms with Gasteiger partial charge < -0.3 is 74.8 Å². The summed E-state index contributed by atoms with van der Waals surface area (Å²) in [5.74, 6) is -13.8. The third-order valence-corrected chi connectivity index (χ3v) is 10.1. The molecule has 1 aromatic carbocycles. The quantitative estimate of drug-likeness (QED) is 0.0135. The summed E-state index contributed by atoms with van der Waals surface area (Å²) >= 11 is 3.80. The molecule has 31 heteroatoms. The van der Waals surface area contributed by atoms with E-state index in [1.165, 1.54) is 18.3 Å². The van der Waals surface area contributed by atoms with Crippen molar-refractivity contribution in [3.63, 3.8) is 0 Å². The second-order valence-electron chi connectivity index (χ2n) is 15.5. The van der Waals surface area contributed by atoms with Crippen LogP contribution >= 0.6 is 12.6 Å². The first-order chi connectivity index (χ1) is 33.4. The number of anilines is 2. The molecule has 0 saturated heterocycles. The lowest BCUT2D eigenvalue weighted by molar-refractivity contribution is -0.144. The number of nitrogen functional groups attached to an aromatic ring is 1. The number of nitrogens with one attached hydrogen (secondary N) is 8. The summed E-state index contributed by atoms with van der Waals surface area (Å²) in [5.41, 5.74) is 17.1. The number of aromatic amines is 1. The van der Waals surface area contributed by atoms with Gasteiger partial charge in [0.2, 0.25) is 35.5 Å². The van der Waals surface area contributed by atoms with E-state index in [1.54, 1.807) is 19.1 Å². The van der Waals surface area contributed by atoms with E-state index in [9.17, 15) is 73.2 Å². The van der Waals surface area contributed by atoms with Crippen molar-refractivity contribution in [2.75, 3.05) is 23.3 Å². The molecule has 6 amide bonds. The SMILES string of the molecule is C[C@@H](CCC(=O)N[C@H](CC(=O)O)C(=O)N[C@H](CCCN=C(N)N)C(=O)N[C@H](CC(=O)O)C(=O)N[C@H](CC(=O)O)C(=O)N[C@H](CS)C(=O)O)NC(=O)c1ccc(NCc2cnc3nc(N)[nH]c(=O)c3n2)cc1. The molecule has 384 valence electrons. The van der Waals surface area contributed by atoms with Gasteiger partial charge in [-0.05, 0) is 50.5 Å². The van der Waals surface area contributed by atoms with Crippen LogP contribution in [0.1, 0.15) is 67.9 Å². The maximum absolute atomic E-state index is 13.7. The summed E-state index contributed by atoms with van der Waals surface area (Å²) in [6.07, 6.45) is -2.55. The van der Waals surface area contributed by atoms with Crippen LogP contribution in [0, 0.1) is 0 Å². The fraction of sp³-hybridized carbons (Fsp3) is 0.425. The average Bonchev–Trinajstić information content (AvgIpc) is 3.29. The number of benzene rings is 1. The van der Waals surface area contributed by atoms with E-state index in [1.807, 2.05) is 10.6 Å². The first kappa shape index (κ1) is 56.7. The number of hydrogen-bond acceptors (Lipinski definition) is 18. The predicted octanol–water partition coefficient (Wildman–Crippen LogP) is -4.28. The maximum atomic E-state index is 13.7. The lowest BCUT2D eigenvalue weighted by Crippen LogP contribution is -2.59. The second-order valence-corrected chi connectivity index (χ2v) is 15.8. The molecular weight excluding hydrogens is 963 g/mol. The first-order valence-corrected chi connectivity index (χ1v) is 21.8. The Morgan fingerprint density at radius 1 is 0.718 bits per heavy atom. The highest BCUT2D eigenvalue weighted by Gasteiger charge is 2.34. The molecule has 3 rings (SSSR count). The summed E-state index contributed by atoms with van der Waals surface area (Å²) < 4.78 is 0. The van der Waals surface area contributed by atoms with Crippen molar-refractivity contribution < 1.29 is 68.4 Å². The summed E-state index contributed by atoms with van der Waals surface area (Å²) in [6.45, 7) is 1.64. The number of rotatable bonds is 29. The molecule has 18 N–H and O–H groups in total. The molecule has 0 unspecified atom stereocenters. The van der Waals surface area contributed by atoms with Crippen LogP contribution in [0.25, 0.3) is 11.2 Å². The Morgan fingerprint density at radius 2 is 1.24 bits per heavy atom. The highest BCUT2D eigenvalue weighted by Crippen LogP contribution is 2.13. The van der Waals surface area contributed by atoms with E-state index < -0.39 is 126 Å². The number of aliphatic imine (C=N–C) groups is 1. The minimum Gasteiger partial charge on any atom is -0.481 e. The van der Waals surface area contributed by atoms with Gasteiger partial charge in [0.25, 0.3) is 11.5 Å². The zero-order valence-corrected chi connectivity index (χ0v) is 38.6. The van der Waals surface area contributed by atoms with Gasteiger partial charge in [-0.3, -0.25) is 57.9 Å². The Hall–Kier alpha value is -8.64. The number of nitrogens with two attached hydrogens (primary N) is 3. The van der Waals surface area contributed by atoms with Crippen LogP contribution in [0.3, 0.4) is 0 Å². The zero-order chi connectivity index (χ0) is 52.9. The number of carboxylic acid groups (broad SMARTS) is 4. The Kier molecular flexibility index (Phi) is 21.9. The van der Waals surface area contributed by atoms with Gasteiger partial charge in [0, 0.05) is 36.0 Å². The Bertz CT molecular complexity index is 2560. The maximum Gasteiger partial charge on any atom is 0.327 e. The average molecular weight is 1020 g/mol. The van der Waals surface area contributed by atoms with Crippen LogP contribution in [0.2, 0.25) is 0 Å². The molecule has 0 radical (unpaired) electrons. The van der Waals surface area contributed by atoms with Crippen molar-refractivity contribution in [3.8, 4) is 0 Å². The number of aliphatic carboxylic acids is 4. The lowest BCUT2D eigenvalue weighted by Gasteiger charge is -2.26. The molecule has 0 fully saturated rings. The molecule has 0 aliphatic carbocycles. The minimum atomic E-state index is -2.05. The summed E-state index contributed by atoms with van der Waals surface area (Å²) in [5, 5.41) is 54.1. The first-order valence-electron chi connectivity index (χ1n) is 21.2. The van der Waals surface area contributed by atoms with Gasteiger partial charge in [-0.1, -0.05) is 0 Å². The molecule has 2 heterocycles. The monoisotopic (exact) mass is 1020 g/mol. The van der Waals surface area contributed by atoms with E-state index in [0.29, 0.717) is 11.4 Å². The summed E-state index contributed by atoms with van der Waals surface area (Å²) in [6, 6.07) is -3.50. The van der Waals surface area contributed by atoms with Gasteiger partial charge >= 0.3 is 23.9 Å². The number of carbonyl (C=O) groups excluding carboxylic acids is 6. The fourth-order valence-corrected chi connectivity index (χ4v) is 6.43. The molecule has 0 spiro atoms. The van der Waals surface area contributed by atoms with Gasteiger partial charge in [-0.25, -0.2) is 14.8 Å². The molecular formula is C40H53N15O15S. The number of amides is 6. The minimum absolute atomic E-state index is 0.00350. The van der Waals surface area contributed by atoms with Crippen molar-refractivity contribution in [1.29, 1.82) is 0 Å². The molecule has 0 aliphatic heterocycles. The Labute approximate surface area is 406 Å².